The van der Waals surface area contributed by atoms with E-state index >= 15 is 0 Å². The van der Waals surface area contributed by atoms with Gasteiger partial charge < -0.3 is 5.73 Å². The minimum absolute atomic E-state index is 0.0930. The molecular weight excluding hydrogens is 193 g/mol. The van der Waals surface area contributed by atoms with E-state index in [0.29, 0.717) is 12.5 Å². The SMILES string of the molecule is CC1CCN(CCC(F)(F)F)C1CN. The molecule has 1 fully saturated rings. The van der Waals surface area contributed by atoms with Gasteiger partial charge >= 0.3 is 6.18 Å². The molecular formula is C9H17F3N2. The van der Waals surface area contributed by atoms with Crippen molar-refractivity contribution < 1.29 is 13.2 Å². The summed E-state index contributed by atoms with van der Waals surface area (Å²) in [5.41, 5.74) is 5.53. The highest BCUT2D eigenvalue weighted by Crippen LogP contribution is 2.26. The minimum Gasteiger partial charge on any atom is -0.329 e. The van der Waals surface area contributed by atoms with E-state index < -0.39 is 12.6 Å². The van der Waals surface area contributed by atoms with Gasteiger partial charge in [0.05, 0.1) is 6.42 Å². The molecule has 0 aromatic carbocycles. The average molecular weight is 210 g/mol. The lowest BCUT2D eigenvalue weighted by atomic mass is 10.0. The standard InChI is InChI=1S/C9H17F3N2/c1-7-2-4-14(8(7)6-13)5-3-9(10,11)12/h7-8H,2-6,13H2,1H3. The third-order valence-corrected chi connectivity index (χ3v) is 2.92. The molecule has 1 aliphatic heterocycles. The third-order valence-electron chi connectivity index (χ3n) is 2.92. The number of nitrogens with zero attached hydrogens (tertiary/aromatic N) is 1. The Morgan fingerprint density at radius 1 is 1.43 bits per heavy atom. The van der Waals surface area contributed by atoms with E-state index in [-0.39, 0.29) is 12.6 Å². The zero-order chi connectivity index (χ0) is 10.8. The highest BCUT2D eigenvalue weighted by Gasteiger charge is 2.33. The summed E-state index contributed by atoms with van der Waals surface area (Å²) < 4.78 is 35.9. The fraction of sp³-hybridized carbons (Fsp3) is 1.00. The van der Waals surface area contributed by atoms with Crippen LogP contribution in [-0.4, -0.2) is 36.8 Å². The molecule has 2 atom stereocenters. The second-order valence-corrected chi connectivity index (χ2v) is 3.97. The Hall–Kier alpha value is -0.290. The Labute approximate surface area is 82.2 Å². The van der Waals surface area contributed by atoms with Crippen LogP contribution in [0.2, 0.25) is 0 Å². The predicted octanol–water partition coefficient (Wildman–Crippen LogP) is 1.61. The van der Waals surface area contributed by atoms with Crippen molar-refractivity contribution >= 4 is 0 Å². The summed E-state index contributed by atoms with van der Waals surface area (Å²) in [4.78, 5) is 1.86. The van der Waals surface area contributed by atoms with Crippen molar-refractivity contribution in [3.63, 3.8) is 0 Å². The molecule has 2 N–H and O–H groups in total. The second kappa shape index (κ2) is 4.49. The van der Waals surface area contributed by atoms with Crippen molar-refractivity contribution in [2.45, 2.75) is 32.0 Å². The normalized spacial score (nSPS) is 29.8. The van der Waals surface area contributed by atoms with Gasteiger partial charge in [0.25, 0.3) is 0 Å². The first-order valence-electron chi connectivity index (χ1n) is 4.95. The van der Waals surface area contributed by atoms with Crippen LogP contribution in [0.3, 0.4) is 0 Å². The Morgan fingerprint density at radius 3 is 2.57 bits per heavy atom. The number of likely N-dealkylation sites (tertiary alicyclic amines) is 1. The largest absolute Gasteiger partial charge is 0.390 e. The van der Waals surface area contributed by atoms with Gasteiger partial charge in [0.2, 0.25) is 0 Å². The summed E-state index contributed by atoms with van der Waals surface area (Å²) in [6.45, 7) is 3.35. The van der Waals surface area contributed by atoms with Gasteiger partial charge in [0.1, 0.15) is 0 Å². The molecule has 1 aliphatic rings. The van der Waals surface area contributed by atoms with Crippen LogP contribution in [0.4, 0.5) is 13.2 Å². The van der Waals surface area contributed by atoms with Crippen LogP contribution in [0, 0.1) is 5.92 Å². The number of hydrogen-bond donors (Lipinski definition) is 1. The first-order chi connectivity index (χ1) is 6.44. The molecule has 1 rings (SSSR count). The van der Waals surface area contributed by atoms with Gasteiger partial charge in [0, 0.05) is 19.1 Å². The van der Waals surface area contributed by atoms with Gasteiger partial charge in [-0.05, 0) is 18.9 Å². The lowest BCUT2D eigenvalue weighted by Gasteiger charge is -2.25. The van der Waals surface area contributed by atoms with Gasteiger partial charge in [-0.1, -0.05) is 6.92 Å². The topological polar surface area (TPSA) is 29.3 Å². The number of halogens is 3. The van der Waals surface area contributed by atoms with Gasteiger partial charge in [-0.2, -0.15) is 13.2 Å². The van der Waals surface area contributed by atoms with Crippen molar-refractivity contribution in [3.8, 4) is 0 Å². The zero-order valence-corrected chi connectivity index (χ0v) is 8.35. The van der Waals surface area contributed by atoms with Crippen LogP contribution >= 0.6 is 0 Å². The molecule has 0 aliphatic carbocycles. The highest BCUT2D eigenvalue weighted by molar-refractivity contribution is 4.85. The fourth-order valence-corrected chi connectivity index (χ4v) is 2.02. The zero-order valence-electron chi connectivity index (χ0n) is 8.35. The van der Waals surface area contributed by atoms with E-state index in [4.69, 9.17) is 5.73 Å². The maximum Gasteiger partial charge on any atom is 0.390 e. The molecule has 1 heterocycles. The third kappa shape index (κ3) is 3.13. The molecule has 0 aromatic heterocycles. The number of rotatable bonds is 3. The highest BCUT2D eigenvalue weighted by atomic mass is 19.4. The molecule has 14 heavy (non-hydrogen) atoms. The van der Waals surface area contributed by atoms with E-state index in [1.165, 1.54) is 0 Å². The molecule has 0 spiro atoms. The molecule has 2 unspecified atom stereocenters. The minimum atomic E-state index is -4.05. The second-order valence-electron chi connectivity index (χ2n) is 3.97. The number of hydrogen-bond acceptors (Lipinski definition) is 2. The summed E-state index contributed by atoms with van der Waals surface area (Å²) in [6, 6.07) is 0.136. The van der Waals surface area contributed by atoms with Gasteiger partial charge in [-0.25, -0.2) is 0 Å². The maximum absolute atomic E-state index is 12.0. The summed E-state index contributed by atoms with van der Waals surface area (Å²) in [5.74, 6) is 0.424. The van der Waals surface area contributed by atoms with Gasteiger partial charge in [0.15, 0.2) is 0 Å². The summed E-state index contributed by atoms with van der Waals surface area (Å²) in [5, 5.41) is 0. The summed E-state index contributed by atoms with van der Waals surface area (Å²) in [7, 11) is 0. The van der Waals surface area contributed by atoms with Crippen molar-refractivity contribution in [2.24, 2.45) is 11.7 Å². The smallest absolute Gasteiger partial charge is 0.329 e. The molecule has 0 bridgehead atoms. The van der Waals surface area contributed by atoms with E-state index in [2.05, 4.69) is 0 Å². The van der Waals surface area contributed by atoms with Crippen LogP contribution in [0.25, 0.3) is 0 Å². The van der Waals surface area contributed by atoms with E-state index in [1.54, 1.807) is 0 Å². The summed E-state index contributed by atoms with van der Waals surface area (Å²) >= 11 is 0. The lowest BCUT2D eigenvalue weighted by molar-refractivity contribution is -0.138. The number of alkyl halides is 3. The van der Waals surface area contributed by atoms with Crippen LogP contribution in [-0.2, 0) is 0 Å². The fourth-order valence-electron chi connectivity index (χ4n) is 2.02. The maximum atomic E-state index is 12.0. The van der Waals surface area contributed by atoms with Crippen molar-refractivity contribution in [3.05, 3.63) is 0 Å². The number of nitrogens with two attached hydrogens (primary N) is 1. The first-order valence-corrected chi connectivity index (χ1v) is 4.95. The van der Waals surface area contributed by atoms with Gasteiger partial charge in [-0.3, -0.25) is 4.90 Å². The molecule has 5 heteroatoms. The average Bonchev–Trinajstić information content (AvgIpc) is 2.41. The van der Waals surface area contributed by atoms with Crippen molar-refractivity contribution in [2.75, 3.05) is 19.6 Å². The first kappa shape index (κ1) is 11.8. The molecule has 2 nitrogen and oxygen atoms in total. The van der Waals surface area contributed by atoms with Crippen LogP contribution in [0.1, 0.15) is 19.8 Å². The monoisotopic (exact) mass is 210 g/mol. The molecule has 0 aromatic rings. The molecule has 0 radical (unpaired) electrons. The summed E-state index contributed by atoms with van der Waals surface area (Å²) in [6.07, 6.45) is -3.82. The molecule has 84 valence electrons. The van der Waals surface area contributed by atoms with Crippen LogP contribution < -0.4 is 5.73 Å². The Morgan fingerprint density at radius 2 is 2.07 bits per heavy atom. The Balaban J connectivity index is 2.38. The van der Waals surface area contributed by atoms with Crippen molar-refractivity contribution in [1.29, 1.82) is 0 Å². The molecule has 1 saturated heterocycles. The van der Waals surface area contributed by atoms with Crippen LogP contribution in [0.15, 0.2) is 0 Å². The van der Waals surface area contributed by atoms with Crippen LogP contribution in [0.5, 0.6) is 0 Å². The predicted molar refractivity (Wildman–Crippen MR) is 48.9 cm³/mol. The Bertz CT molecular complexity index is 181. The Kier molecular flexibility index (Phi) is 3.78. The molecule has 0 amide bonds. The lowest BCUT2D eigenvalue weighted by Crippen LogP contribution is -2.39. The van der Waals surface area contributed by atoms with Gasteiger partial charge in [-0.15, -0.1) is 0 Å². The molecule has 0 saturated carbocycles. The van der Waals surface area contributed by atoms with E-state index in [0.717, 1.165) is 13.0 Å². The van der Waals surface area contributed by atoms with E-state index in [1.807, 2.05) is 11.8 Å². The van der Waals surface area contributed by atoms with Crippen molar-refractivity contribution in [1.82, 2.24) is 4.90 Å². The van der Waals surface area contributed by atoms with E-state index in [9.17, 15) is 13.2 Å². The quantitative estimate of drug-likeness (QED) is 0.766.